The summed E-state index contributed by atoms with van der Waals surface area (Å²) in [6.45, 7) is 0. The molecule has 1 aromatic carbocycles. The Labute approximate surface area is 104 Å². The molecule has 2 heterocycles. The normalized spacial score (nSPS) is 12.8. The topological polar surface area (TPSA) is 34.9 Å². The monoisotopic (exact) mass is 234 g/mol. The van der Waals surface area contributed by atoms with Crippen molar-refractivity contribution in [3.05, 3.63) is 54.0 Å². The van der Waals surface area contributed by atoms with E-state index in [9.17, 15) is 4.79 Å². The highest BCUT2D eigenvalue weighted by molar-refractivity contribution is 6.25. The lowest BCUT2D eigenvalue weighted by atomic mass is 9.87. The third kappa shape index (κ3) is 0.991. The van der Waals surface area contributed by atoms with Gasteiger partial charge in [0.15, 0.2) is 5.78 Å². The molecule has 0 saturated carbocycles. The maximum atomic E-state index is 12.5. The number of rotatable bonds is 0. The molecule has 0 radical (unpaired) electrons. The minimum atomic E-state index is 0.0942. The van der Waals surface area contributed by atoms with Gasteiger partial charge in [-0.15, -0.1) is 0 Å². The zero-order valence-corrected chi connectivity index (χ0v) is 9.84. The van der Waals surface area contributed by atoms with Crippen molar-refractivity contribution in [3.63, 3.8) is 0 Å². The van der Waals surface area contributed by atoms with E-state index in [4.69, 9.17) is 0 Å². The van der Waals surface area contributed by atoms with Gasteiger partial charge in [-0.1, -0.05) is 12.1 Å². The molecule has 4 rings (SSSR count). The molecule has 3 aromatic rings. The zero-order valence-electron chi connectivity index (χ0n) is 9.84. The summed E-state index contributed by atoms with van der Waals surface area (Å²) in [5, 5.41) is 1.05. The first-order valence-electron chi connectivity index (χ1n) is 5.84. The number of fused-ring (bicyclic) bond motifs is 2. The van der Waals surface area contributed by atoms with E-state index in [2.05, 4.69) is 11.1 Å². The maximum Gasteiger partial charge on any atom is 0.195 e. The van der Waals surface area contributed by atoms with Crippen molar-refractivity contribution < 1.29 is 4.79 Å². The number of nitrogens with zero attached hydrogens (tertiary/aromatic N) is 2. The van der Waals surface area contributed by atoms with E-state index in [-0.39, 0.29) is 5.78 Å². The third-order valence-corrected chi connectivity index (χ3v) is 3.62. The molecule has 0 unspecified atom stereocenters. The summed E-state index contributed by atoms with van der Waals surface area (Å²) in [6, 6.07) is 7.91. The van der Waals surface area contributed by atoms with Crippen molar-refractivity contribution in [1.29, 1.82) is 0 Å². The summed E-state index contributed by atoms with van der Waals surface area (Å²) >= 11 is 0. The van der Waals surface area contributed by atoms with Gasteiger partial charge in [-0.3, -0.25) is 9.78 Å². The van der Waals surface area contributed by atoms with E-state index >= 15 is 0 Å². The summed E-state index contributed by atoms with van der Waals surface area (Å²) in [5.41, 5.74) is 4.67. The Morgan fingerprint density at radius 3 is 2.83 bits per heavy atom. The van der Waals surface area contributed by atoms with Gasteiger partial charge in [0.1, 0.15) is 0 Å². The van der Waals surface area contributed by atoms with Gasteiger partial charge in [-0.2, -0.15) is 0 Å². The molecule has 0 bridgehead atoms. The molecule has 1 aliphatic carbocycles. The Morgan fingerprint density at radius 2 is 1.94 bits per heavy atom. The van der Waals surface area contributed by atoms with Crippen molar-refractivity contribution in [2.24, 2.45) is 7.05 Å². The number of hydrogen-bond acceptors (Lipinski definition) is 2. The molecule has 0 aliphatic heterocycles. The number of pyridine rings is 1. The number of aryl methyl sites for hydroxylation is 1. The maximum absolute atomic E-state index is 12.5. The molecule has 0 N–H and O–H groups in total. The van der Waals surface area contributed by atoms with Crippen LogP contribution in [0.15, 0.2) is 42.9 Å². The van der Waals surface area contributed by atoms with E-state index in [0.717, 1.165) is 33.2 Å². The number of ketones is 1. The lowest BCUT2D eigenvalue weighted by Gasteiger charge is -2.15. The molecule has 86 valence electrons. The highest BCUT2D eigenvalue weighted by atomic mass is 16.1. The molecule has 0 saturated heterocycles. The Kier molecular flexibility index (Phi) is 1.64. The first-order valence-corrected chi connectivity index (χ1v) is 5.84. The number of carbonyl (C=O) groups is 1. The molecular weight excluding hydrogens is 224 g/mol. The third-order valence-electron chi connectivity index (χ3n) is 3.62. The van der Waals surface area contributed by atoms with Crippen molar-refractivity contribution in [2.45, 2.75) is 0 Å². The lowest BCUT2D eigenvalue weighted by molar-refractivity contribution is 0.104. The van der Waals surface area contributed by atoms with E-state index in [1.165, 1.54) is 0 Å². The summed E-state index contributed by atoms with van der Waals surface area (Å²) in [5.74, 6) is 0.0942. The minimum absolute atomic E-state index is 0.0942. The first-order chi connectivity index (χ1) is 8.77. The van der Waals surface area contributed by atoms with Crippen LogP contribution in [0.1, 0.15) is 15.9 Å². The van der Waals surface area contributed by atoms with Gasteiger partial charge in [0.05, 0.1) is 0 Å². The molecule has 0 amide bonds. The predicted octanol–water partition coefficient (Wildman–Crippen LogP) is 2.78. The smallest absolute Gasteiger partial charge is 0.195 e. The van der Waals surface area contributed by atoms with Crippen molar-refractivity contribution >= 4 is 16.7 Å². The second-order valence-corrected chi connectivity index (χ2v) is 4.60. The van der Waals surface area contributed by atoms with Crippen LogP contribution in [0.5, 0.6) is 0 Å². The van der Waals surface area contributed by atoms with E-state index < -0.39 is 0 Å². The van der Waals surface area contributed by atoms with Crippen molar-refractivity contribution in [1.82, 2.24) is 9.55 Å². The van der Waals surface area contributed by atoms with Crippen molar-refractivity contribution in [3.8, 4) is 11.1 Å². The second kappa shape index (κ2) is 3.07. The molecule has 2 aromatic heterocycles. The molecule has 1 aliphatic rings. The van der Waals surface area contributed by atoms with Crippen LogP contribution in [0.25, 0.3) is 22.0 Å². The second-order valence-electron chi connectivity index (χ2n) is 4.60. The van der Waals surface area contributed by atoms with Crippen LogP contribution in [0.3, 0.4) is 0 Å². The minimum Gasteiger partial charge on any atom is -0.350 e. The predicted molar refractivity (Wildman–Crippen MR) is 69.6 cm³/mol. The van der Waals surface area contributed by atoms with E-state index in [1.54, 1.807) is 18.5 Å². The van der Waals surface area contributed by atoms with Crippen LogP contribution >= 0.6 is 0 Å². The van der Waals surface area contributed by atoms with Crippen LogP contribution in [-0.4, -0.2) is 15.3 Å². The van der Waals surface area contributed by atoms with Gasteiger partial charge in [0.25, 0.3) is 0 Å². The number of carbonyl (C=O) groups excluding carboxylic acids is 1. The van der Waals surface area contributed by atoms with E-state index in [1.807, 2.05) is 29.9 Å². The zero-order chi connectivity index (χ0) is 12.3. The summed E-state index contributed by atoms with van der Waals surface area (Å²) < 4.78 is 2.01. The fraction of sp³-hybridized carbons (Fsp3) is 0.0667. The Hall–Kier alpha value is -2.42. The van der Waals surface area contributed by atoms with Gasteiger partial charge < -0.3 is 4.57 Å². The van der Waals surface area contributed by atoms with Gasteiger partial charge in [0, 0.05) is 53.2 Å². The largest absolute Gasteiger partial charge is 0.350 e. The van der Waals surface area contributed by atoms with Crippen LogP contribution in [0.2, 0.25) is 0 Å². The standard InChI is InChI=1S/C15H10N2O/c1-17-8-12-14-9(3-2-4-13(14)17)11-7-16-6-5-10(11)15(12)18/h2-8H,1H3. The Morgan fingerprint density at radius 1 is 1.06 bits per heavy atom. The van der Waals surface area contributed by atoms with Crippen molar-refractivity contribution in [2.75, 3.05) is 0 Å². The van der Waals surface area contributed by atoms with Crippen LogP contribution in [0.4, 0.5) is 0 Å². The number of benzene rings is 1. The van der Waals surface area contributed by atoms with Gasteiger partial charge in [0.2, 0.25) is 0 Å². The molecule has 3 nitrogen and oxygen atoms in total. The Bertz CT molecular complexity index is 814. The van der Waals surface area contributed by atoms with Crippen LogP contribution in [-0.2, 0) is 7.05 Å². The summed E-state index contributed by atoms with van der Waals surface area (Å²) in [4.78, 5) is 16.6. The Balaban J connectivity index is 2.28. The lowest BCUT2D eigenvalue weighted by Crippen LogP contribution is -2.08. The van der Waals surface area contributed by atoms with Gasteiger partial charge >= 0.3 is 0 Å². The molecule has 18 heavy (non-hydrogen) atoms. The van der Waals surface area contributed by atoms with E-state index in [0.29, 0.717) is 0 Å². The van der Waals surface area contributed by atoms with Gasteiger partial charge in [-0.05, 0) is 17.7 Å². The average molecular weight is 234 g/mol. The highest BCUT2D eigenvalue weighted by Crippen LogP contribution is 2.39. The van der Waals surface area contributed by atoms with Gasteiger partial charge in [-0.25, -0.2) is 0 Å². The quantitative estimate of drug-likeness (QED) is 0.469. The number of aromatic nitrogens is 2. The molecule has 0 fully saturated rings. The fourth-order valence-corrected chi connectivity index (χ4v) is 2.79. The molecule has 0 atom stereocenters. The summed E-state index contributed by atoms with van der Waals surface area (Å²) in [7, 11) is 1.97. The first kappa shape index (κ1) is 9.59. The van der Waals surface area contributed by atoms with Crippen LogP contribution < -0.4 is 0 Å². The average Bonchev–Trinajstić information content (AvgIpc) is 2.75. The SMILES string of the molecule is Cn1cc2c3c(cccc31)-c1cnccc1C2=O. The molecule has 3 heteroatoms. The molecular formula is C15H10N2O. The van der Waals surface area contributed by atoms with Crippen LogP contribution in [0, 0.1) is 0 Å². The summed E-state index contributed by atoms with van der Waals surface area (Å²) in [6.07, 6.45) is 5.36. The number of hydrogen-bond donors (Lipinski definition) is 0. The molecule has 0 spiro atoms. The highest BCUT2D eigenvalue weighted by Gasteiger charge is 2.26. The fourth-order valence-electron chi connectivity index (χ4n) is 2.79.